The summed E-state index contributed by atoms with van der Waals surface area (Å²) in [7, 11) is 0. The molecule has 0 aliphatic carbocycles. The third-order valence-corrected chi connectivity index (χ3v) is 3.68. The Morgan fingerprint density at radius 2 is 2.17 bits per heavy atom. The van der Waals surface area contributed by atoms with Crippen molar-refractivity contribution in [2.45, 2.75) is 19.7 Å². The fourth-order valence-corrected chi connectivity index (χ4v) is 2.47. The molecule has 1 aromatic heterocycles. The number of hydrogen-bond acceptors (Lipinski definition) is 6. The van der Waals surface area contributed by atoms with Gasteiger partial charge in [-0.1, -0.05) is 17.7 Å². The second-order valence-electron chi connectivity index (χ2n) is 5.01. The number of halogens is 1. The first-order valence-corrected chi connectivity index (χ1v) is 7.05. The molecule has 23 heavy (non-hydrogen) atoms. The monoisotopic (exact) mass is 336 g/mol. The van der Waals surface area contributed by atoms with E-state index in [-0.39, 0.29) is 37.3 Å². The highest BCUT2D eigenvalue weighted by atomic mass is 35.5. The van der Waals surface area contributed by atoms with Gasteiger partial charge in [0, 0.05) is 10.6 Å². The van der Waals surface area contributed by atoms with E-state index in [1.165, 1.54) is 11.0 Å². The lowest BCUT2D eigenvalue weighted by molar-refractivity contribution is 0.144. The zero-order valence-electron chi connectivity index (χ0n) is 11.9. The van der Waals surface area contributed by atoms with Crippen LogP contribution < -0.4 is 10.5 Å². The Balaban J connectivity index is 1.83. The normalized spacial score (nSPS) is 13.0. The molecule has 0 bridgehead atoms. The Hall–Kier alpha value is -2.74. The van der Waals surface area contributed by atoms with E-state index in [1.54, 1.807) is 12.1 Å². The number of nitrogens with zero attached hydrogens (tertiary/aromatic N) is 3. The standard InChI is InChI=1S/C14H13ClN4O4/c15-8-2-1-7(11(20)3-8)6-23-12-9-4-19(14(21)22)5-10(9)17-13(16)18-12/h1-3,20H,4-6H2,(H,21,22)(H2,16,17,18). The number of benzene rings is 1. The number of rotatable bonds is 3. The van der Waals surface area contributed by atoms with E-state index in [4.69, 9.17) is 27.2 Å². The van der Waals surface area contributed by atoms with Gasteiger partial charge in [-0.3, -0.25) is 4.90 Å². The van der Waals surface area contributed by atoms with Gasteiger partial charge in [0.1, 0.15) is 12.4 Å². The van der Waals surface area contributed by atoms with Crippen molar-refractivity contribution in [3.63, 3.8) is 0 Å². The molecule has 1 aliphatic heterocycles. The van der Waals surface area contributed by atoms with Crippen LogP contribution in [0.3, 0.4) is 0 Å². The molecule has 4 N–H and O–H groups in total. The highest BCUT2D eigenvalue weighted by Crippen LogP contribution is 2.30. The van der Waals surface area contributed by atoms with Crippen molar-refractivity contribution in [1.82, 2.24) is 14.9 Å². The van der Waals surface area contributed by atoms with Crippen LogP contribution >= 0.6 is 11.6 Å². The van der Waals surface area contributed by atoms with Crippen molar-refractivity contribution in [3.05, 3.63) is 40.0 Å². The van der Waals surface area contributed by atoms with Crippen molar-refractivity contribution in [1.29, 1.82) is 0 Å². The summed E-state index contributed by atoms with van der Waals surface area (Å²) in [6.07, 6.45) is -1.05. The zero-order valence-corrected chi connectivity index (χ0v) is 12.6. The smallest absolute Gasteiger partial charge is 0.407 e. The summed E-state index contributed by atoms with van der Waals surface area (Å²) in [6.45, 7) is 0.311. The van der Waals surface area contributed by atoms with E-state index >= 15 is 0 Å². The molecule has 120 valence electrons. The van der Waals surface area contributed by atoms with Gasteiger partial charge >= 0.3 is 6.09 Å². The number of amides is 1. The molecule has 2 aromatic rings. The minimum atomic E-state index is -1.05. The Morgan fingerprint density at radius 3 is 2.87 bits per heavy atom. The molecule has 0 saturated carbocycles. The topological polar surface area (TPSA) is 122 Å². The molecule has 0 atom stereocenters. The van der Waals surface area contributed by atoms with E-state index in [9.17, 15) is 9.90 Å². The average molecular weight is 337 g/mol. The van der Waals surface area contributed by atoms with E-state index in [1.807, 2.05) is 0 Å². The number of aromatic hydroxyl groups is 1. The highest BCUT2D eigenvalue weighted by Gasteiger charge is 2.28. The van der Waals surface area contributed by atoms with Gasteiger partial charge < -0.3 is 20.7 Å². The summed E-state index contributed by atoms with van der Waals surface area (Å²) in [5, 5.41) is 19.3. The van der Waals surface area contributed by atoms with Gasteiger partial charge in [0.15, 0.2) is 0 Å². The molecule has 1 amide bonds. The molecule has 0 spiro atoms. The van der Waals surface area contributed by atoms with Crippen molar-refractivity contribution in [2.24, 2.45) is 0 Å². The first-order chi connectivity index (χ1) is 10.9. The van der Waals surface area contributed by atoms with Crippen molar-refractivity contribution >= 4 is 23.6 Å². The lowest BCUT2D eigenvalue weighted by Gasteiger charge is -2.11. The number of phenolic OH excluding ortho intramolecular Hbond substituents is 1. The second kappa shape index (κ2) is 5.81. The van der Waals surface area contributed by atoms with Crippen LogP contribution in [-0.2, 0) is 19.7 Å². The van der Waals surface area contributed by atoms with Gasteiger partial charge in [-0.15, -0.1) is 0 Å². The molecule has 0 unspecified atom stereocenters. The number of carboxylic acid groups (broad SMARTS) is 1. The average Bonchev–Trinajstić information content (AvgIpc) is 2.90. The number of phenols is 1. The highest BCUT2D eigenvalue weighted by molar-refractivity contribution is 6.30. The van der Waals surface area contributed by atoms with Crippen LogP contribution in [0.15, 0.2) is 18.2 Å². The summed E-state index contributed by atoms with van der Waals surface area (Å²) >= 11 is 5.78. The lowest BCUT2D eigenvalue weighted by Crippen LogP contribution is -2.22. The van der Waals surface area contributed by atoms with Crippen LogP contribution in [0, 0.1) is 0 Å². The quantitative estimate of drug-likeness (QED) is 0.783. The van der Waals surface area contributed by atoms with E-state index in [0.717, 1.165) is 0 Å². The van der Waals surface area contributed by atoms with Crippen LogP contribution in [0.4, 0.5) is 10.7 Å². The Kier molecular flexibility index (Phi) is 3.83. The van der Waals surface area contributed by atoms with E-state index in [0.29, 0.717) is 21.8 Å². The minimum absolute atomic E-state index is 0.00309. The van der Waals surface area contributed by atoms with Crippen molar-refractivity contribution < 1.29 is 19.7 Å². The summed E-state index contributed by atoms with van der Waals surface area (Å²) in [5.41, 5.74) is 7.26. The summed E-state index contributed by atoms with van der Waals surface area (Å²) in [5.74, 6) is 0.222. The van der Waals surface area contributed by atoms with Crippen LogP contribution in [0.25, 0.3) is 0 Å². The predicted molar refractivity (Wildman–Crippen MR) is 81.2 cm³/mol. The molecule has 1 aromatic carbocycles. The molecule has 0 saturated heterocycles. The Labute approximate surface area is 136 Å². The van der Waals surface area contributed by atoms with E-state index < -0.39 is 6.09 Å². The SMILES string of the molecule is Nc1nc2c(c(OCc3ccc(Cl)cc3O)n1)CN(C(=O)O)C2. The molecular weight excluding hydrogens is 324 g/mol. The third-order valence-electron chi connectivity index (χ3n) is 3.44. The first-order valence-electron chi connectivity index (χ1n) is 6.67. The molecule has 0 fully saturated rings. The predicted octanol–water partition coefficient (Wildman–Crippen LogP) is 1.99. The van der Waals surface area contributed by atoms with Gasteiger partial charge in [-0.25, -0.2) is 9.78 Å². The molecule has 3 rings (SSSR count). The second-order valence-corrected chi connectivity index (χ2v) is 5.45. The van der Waals surface area contributed by atoms with Crippen LogP contribution in [-0.4, -0.2) is 31.2 Å². The largest absolute Gasteiger partial charge is 0.507 e. The van der Waals surface area contributed by atoms with Gasteiger partial charge in [-0.05, 0) is 12.1 Å². The van der Waals surface area contributed by atoms with Gasteiger partial charge in [0.2, 0.25) is 11.8 Å². The number of ether oxygens (including phenoxy) is 1. The summed E-state index contributed by atoms with van der Waals surface area (Å²) in [6, 6.07) is 4.67. The fraction of sp³-hybridized carbons (Fsp3) is 0.214. The van der Waals surface area contributed by atoms with Gasteiger partial charge in [0.25, 0.3) is 0 Å². The third kappa shape index (κ3) is 3.07. The fourth-order valence-electron chi connectivity index (χ4n) is 2.30. The molecule has 9 heteroatoms. The van der Waals surface area contributed by atoms with Crippen LogP contribution in [0.1, 0.15) is 16.8 Å². The number of hydrogen-bond donors (Lipinski definition) is 3. The van der Waals surface area contributed by atoms with E-state index in [2.05, 4.69) is 9.97 Å². The number of carbonyl (C=O) groups is 1. The van der Waals surface area contributed by atoms with Gasteiger partial charge in [0.05, 0.1) is 24.3 Å². The van der Waals surface area contributed by atoms with Gasteiger partial charge in [-0.2, -0.15) is 4.98 Å². The molecular formula is C14H13ClN4O4. The lowest BCUT2D eigenvalue weighted by atomic mass is 10.2. The number of nitrogens with two attached hydrogens (primary N) is 1. The maximum Gasteiger partial charge on any atom is 0.407 e. The molecule has 1 aliphatic rings. The Bertz CT molecular complexity index is 784. The number of fused-ring (bicyclic) bond motifs is 1. The maximum absolute atomic E-state index is 11.1. The minimum Gasteiger partial charge on any atom is -0.507 e. The first kappa shape index (κ1) is 15.2. The maximum atomic E-state index is 11.1. The molecule has 8 nitrogen and oxygen atoms in total. The number of anilines is 1. The number of nitrogen functional groups attached to an aromatic ring is 1. The van der Waals surface area contributed by atoms with Crippen molar-refractivity contribution in [3.8, 4) is 11.6 Å². The summed E-state index contributed by atoms with van der Waals surface area (Å²) < 4.78 is 5.61. The molecule has 0 radical (unpaired) electrons. The Morgan fingerprint density at radius 1 is 1.39 bits per heavy atom. The number of aromatic nitrogens is 2. The van der Waals surface area contributed by atoms with Crippen LogP contribution in [0.5, 0.6) is 11.6 Å². The zero-order chi connectivity index (χ0) is 16.6. The molecule has 2 heterocycles. The van der Waals surface area contributed by atoms with Crippen LogP contribution in [0.2, 0.25) is 5.02 Å². The van der Waals surface area contributed by atoms with Crippen molar-refractivity contribution in [2.75, 3.05) is 5.73 Å². The summed E-state index contributed by atoms with van der Waals surface area (Å²) in [4.78, 5) is 20.3.